The first-order chi connectivity index (χ1) is 10.1. The van der Waals surface area contributed by atoms with Gasteiger partial charge in [0.2, 0.25) is 0 Å². The van der Waals surface area contributed by atoms with Gasteiger partial charge in [-0.05, 0) is 18.8 Å². The second kappa shape index (κ2) is 7.78. The number of nitrogens with zero attached hydrogens (tertiary/aromatic N) is 3. The monoisotopic (exact) mass is 308 g/mol. The molecule has 2 heterocycles. The van der Waals surface area contributed by atoms with Gasteiger partial charge < -0.3 is 10.2 Å². The Morgan fingerprint density at radius 3 is 3.00 bits per heavy atom. The Balaban J connectivity index is 1.80. The summed E-state index contributed by atoms with van der Waals surface area (Å²) < 4.78 is 0. The fourth-order valence-corrected chi connectivity index (χ4v) is 3.59. The van der Waals surface area contributed by atoms with Crippen LogP contribution in [0.1, 0.15) is 50.2 Å². The summed E-state index contributed by atoms with van der Waals surface area (Å²) in [6.45, 7) is 9.85. The molecule has 0 spiro atoms. The molecule has 0 amide bonds. The molecule has 4 nitrogen and oxygen atoms in total. The molecule has 1 atom stereocenters. The van der Waals surface area contributed by atoms with Gasteiger partial charge in [0.15, 0.2) is 5.96 Å². The summed E-state index contributed by atoms with van der Waals surface area (Å²) >= 11 is 1.77. The second-order valence-electron chi connectivity index (χ2n) is 6.25. The van der Waals surface area contributed by atoms with Gasteiger partial charge in [0, 0.05) is 44.4 Å². The van der Waals surface area contributed by atoms with Gasteiger partial charge in [-0.2, -0.15) is 0 Å². The fourth-order valence-electron chi connectivity index (χ4n) is 2.72. The minimum Gasteiger partial charge on any atom is -0.356 e. The molecule has 1 aliphatic heterocycles. The van der Waals surface area contributed by atoms with Crippen LogP contribution < -0.4 is 5.32 Å². The van der Waals surface area contributed by atoms with Crippen molar-refractivity contribution in [3.8, 4) is 0 Å². The first-order valence-corrected chi connectivity index (χ1v) is 8.88. The van der Waals surface area contributed by atoms with E-state index in [1.165, 1.54) is 23.5 Å². The molecule has 0 radical (unpaired) electrons. The van der Waals surface area contributed by atoms with E-state index in [-0.39, 0.29) is 0 Å². The highest BCUT2D eigenvalue weighted by molar-refractivity contribution is 7.09. The number of guanidine groups is 1. The molecule has 2 rings (SSSR count). The van der Waals surface area contributed by atoms with Crippen LogP contribution in [0.15, 0.2) is 10.4 Å². The minimum absolute atomic E-state index is 0.527. The molecule has 1 unspecified atom stereocenters. The molecule has 118 valence electrons. The summed E-state index contributed by atoms with van der Waals surface area (Å²) in [4.78, 5) is 11.5. The molecular weight excluding hydrogens is 280 g/mol. The molecule has 1 aliphatic rings. The summed E-state index contributed by atoms with van der Waals surface area (Å²) in [5, 5.41) is 6.91. The Labute approximate surface area is 132 Å². The largest absolute Gasteiger partial charge is 0.356 e. The van der Waals surface area contributed by atoms with Crippen LogP contribution in [0.4, 0.5) is 0 Å². The van der Waals surface area contributed by atoms with Crippen LogP contribution in [-0.4, -0.2) is 42.5 Å². The maximum Gasteiger partial charge on any atom is 0.193 e. The topological polar surface area (TPSA) is 40.5 Å². The summed E-state index contributed by atoms with van der Waals surface area (Å²) in [5.41, 5.74) is 1.19. The Kier molecular flexibility index (Phi) is 6.03. The second-order valence-corrected chi connectivity index (χ2v) is 7.14. The highest BCUT2D eigenvalue weighted by Crippen LogP contribution is 2.19. The van der Waals surface area contributed by atoms with Crippen molar-refractivity contribution in [1.29, 1.82) is 0 Å². The number of thiazole rings is 1. The third-order valence-corrected chi connectivity index (χ3v) is 5.09. The summed E-state index contributed by atoms with van der Waals surface area (Å²) in [5.74, 6) is 2.34. The van der Waals surface area contributed by atoms with Crippen molar-refractivity contribution >= 4 is 17.3 Å². The van der Waals surface area contributed by atoms with Gasteiger partial charge >= 0.3 is 0 Å². The van der Waals surface area contributed by atoms with E-state index >= 15 is 0 Å². The molecule has 0 aliphatic carbocycles. The lowest BCUT2D eigenvalue weighted by molar-refractivity contribution is 0.266. The van der Waals surface area contributed by atoms with Crippen molar-refractivity contribution in [2.45, 2.75) is 46.0 Å². The van der Waals surface area contributed by atoms with Crippen LogP contribution in [0.3, 0.4) is 0 Å². The molecule has 1 saturated heterocycles. The van der Waals surface area contributed by atoms with Crippen LogP contribution in [-0.2, 0) is 6.42 Å². The molecule has 1 aromatic heterocycles. The van der Waals surface area contributed by atoms with Gasteiger partial charge in [-0.1, -0.05) is 20.8 Å². The highest BCUT2D eigenvalue weighted by atomic mass is 32.1. The molecular formula is C16H28N4S. The first-order valence-electron chi connectivity index (χ1n) is 8.00. The summed E-state index contributed by atoms with van der Waals surface area (Å²) in [6.07, 6.45) is 3.57. The zero-order chi connectivity index (χ0) is 15.2. The SMILES string of the molecule is CN=C(NCCc1csc(C(C)C)n1)N1CCCC(C)C1. The predicted octanol–water partition coefficient (Wildman–Crippen LogP) is 3.12. The van der Waals surface area contributed by atoms with Gasteiger partial charge in [0.05, 0.1) is 10.7 Å². The molecule has 0 saturated carbocycles. The number of hydrogen-bond acceptors (Lipinski definition) is 3. The lowest BCUT2D eigenvalue weighted by Gasteiger charge is -2.33. The van der Waals surface area contributed by atoms with E-state index < -0.39 is 0 Å². The number of piperidine rings is 1. The van der Waals surface area contributed by atoms with Gasteiger partial charge in [0.1, 0.15) is 0 Å². The third-order valence-electron chi connectivity index (χ3n) is 3.90. The molecule has 1 N–H and O–H groups in total. The Bertz CT molecular complexity index is 467. The van der Waals surface area contributed by atoms with Gasteiger partial charge in [-0.3, -0.25) is 4.99 Å². The van der Waals surface area contributed by atoms with Crippen LogP contribution in [0.2, 0.25) is 0 Å². The van der Waals surface area contributed by atoms with Crippen LogP contribution in [0, 0.1) is 5.92 Å². The quantitative estimate of drug-likeness (QED) is 0.686. The van der Waals surface area contributed by atoms with E-state index in [9.17, 15) is 0 Å². The minimum atomic E-state index is 0.527. The normalized spacial score (nSPS) is 20.1. The number of nitrogens with one attached hydrogen (secondary N) is 1. The van der Waals surface area contributed by atoms with Crippen molar-refractivity contribution in [2.75, 3.05) is 26.7 Å². The standard InChI is InChI=1S/C16H28N4S/c1-12(2)15-19-14(11-21-15)7-8-18-16(17-4)20-9-5-6-13(3)10-20/h11-13H,5-10H2,1-4H3,(H,17,18). The van der Waals surface area contributed by atoms with E-state index in [4.69, 9.17) is 0 Å². The summed E-state index contributed by atoms with van der Waals surface area (Å²) in [6, 6.07) is 0. The molecule has 0 bridgehead atoms. The summed E-state index contributed by atoms with van der Waals surface area (Å²) in [7, 11) is 1.88. The maximum absolute atomic E-state index is 4.68. The lowest BCUT2D eigenvalue weighted by Crippen LogP contribution is -2.46. The molecule has 0 aromatic carbocycles. The molecule has 21 heavy (non-hydrogen) atoms. The van der Waals surface area contributed by atoms with Crippen molar-refractivity contribution < 1.29 is 0 Å². The third kappa shape index (κ3) is 4.70. The van der Waals surface area contributed by atoms with E-state index in [0.29, 0.717) is 5.92 Å². The molecule has 1 fully saturated rings. The Morgan fingerprint density at radius 2 is 2.38 bits per heavy atom. The number of aliphatic imine (C=N–C) groups is 1. The number of aromatic nitrogens is 1. The van der Waals surface area contributed by atoms with E-state index in [1.807, 2.05) is 7.05 Å². The van der Waals surface area contributed by atoms with E-state index in [0.717, 1.165) is 37.9 Å². The van der Waals surface area contributed by atoms with Crippen molar-refractivity contribution in [2.24, 2.45) is 10.9 Å². The Morgan fingerprint density at radius 1 is 1.57 bits per heavy atom. The van der Waals surface area contributed by atoms with Crippen molar-refractivity contribution in [1.82, 2.24) is 15.2 Å². The van der Waals surface area contributed by atoms with Gasteiger partial charge in [-0.25, -0.2) is 4.98 Å². The number of likely N-dealkylation sites (tertiary alicyclic amines) is 1. The molecule has 1 aromatic rings. The van der Waals surface area contributed by atoms with E-state index in [2.05, 4.69) is 46.3 Å². The fraction of sp³-hybridized carbons (Fsp3) is 0.750. The van der Waals surface area contributed by atoms with Crippen LogP contribution in [0.5, 0.6) is 0 Å². The maximum atomic E-state index is 4.68. The Hall–Kier alpha value is -1.10. The zero-order valence-corrected chi connectivity index (χ0v) is 14.5. The average Bonchev–Trinajstić information content (AvgIpc) is 2.92. The zero-order valence-electron chi connectivity index (χ0n) is 13.7. The molecule has 5 heteroatoms. The van der Waals surface area contributed by atoms with Crippen molar-refractivity contribution in [3.05, 3.63) is 16.1 Å². The first kappa shape index (κ1) is 16.3. The van der Waals surface area contributed by atoms with Gasteiger partial charge in [-0.15, -0.1) is 11.3 Å². The average molecular weight is 308 g/mol. The van der Waals surface area contributed by atoms with Crippen LogP contribution >= 0.6 is 11.3 Å². The van der Waals surface area contributed by atoms with E-state index in [1.54, 1.807) is 11.3 Å². The van der Waals surface area contributed by atoms with Crippen molar-refractivity contribution in [3.63, 3.8) is 0 Å². The smallest absolute Gasteiger partial charge is 0.193 e. The predicted molar refractivity (Wildman–Crippen MR) is 91.2 cm³/mol. The highest BCUT2D eigenvalue weighted by Gasteiger charge is 2.18. The van der Waals surface area contributed by atoms with Crippen LogP contribution in [0.25, 0.3) is 0 Å². The number of hydrogen-bond donors (Lipinski definition) is 1. The number of rotatable bonds is 4. The lowest BCUT2D eigenvalue weighted by atomic mass is 10.0. The van der Waals surface area contributed by atoms with Gasteiger partial charge in [0.25, 0.3) is 0 Å².